The molecule has 0 bridgehead atoms. The first-order valence-electron chi connectivity index (χ1n) is 8.67. The number of carbonyl (C=O) groups is 2. The number of ether oxygens (including phenoxy) is 2. The second kappa shape index (κ2) is 10.0. The van der Waals surface area contributed by atoms with Crippen LogP contribution in [0.5, 0.6) is 11.5 Å². The number of hydrogen-bond donors (Lipinski definition) is 1. The fourth-order valence-electron chi connectivity index (χ4n) is 2.34. The quantitative estimate of drug-likeness (QED) is 0.312. The molecular formula is C20H19N3O4S2. The molecule has 0 saturated heterocycles. The van der Waals surface area contributed by atoms with E-state index in [1.165, 1.54) is 30.9 Å². The van der Waals surface area contributed by atoms with Crippen LogP contribution in [0.1, 0.15) is 22.8 Å². The number of nitrogens with one attached hydrogen (secondary N) is 1. The smallest absolute Gasteiger partial charge is 0.264 e. The fraction of sp³-hybridized carbons (Fsp3) is 0.200. The van der Waals surface area contributed by atoms with Gasteiger partial charge >= 0.3 is 0 Å². The van der Waals surface area contributed by atoms with Gasteiger partial charge in [-0.2, -0.15) is 0 Å². The van der Waals surface area contributed by atoms with Crippen molar-refractivity contribution < 1.29 is 19.1 Å². The van der Waals surface area contributed by atoms with Gasteiger partial charge in [0.15, 0.2) is 28.2 Å². The summed E-state index contributed by atoms with van der Waals surface area (Å²) in [5, 5.41) is 11.1. The predicted octanol–water partition coefficient (Wildman–Crippen LogP) is 4.06. The number of thioether (sulfide) groups is 1. The highest BCUT2D eigenvalue weighted by atomic mass is 32.2. The zero-order valence-electron chi connectivity index (χ0n) is 15.9. The van der Waals surface area contributed by atoms with E-state index in [9.17, 15) is 9.59 Å². The number of nitrogens with zero attached hydrogens (tertiary/aromatic N) is 2. The van der Waals surface area contributed by atoms with E-state index in [0.29, 0.717) is 22.2 Å². The predicted molar refractivity (Wildman–Crippen MR) is 113 cm³/mol. The summed E-state index contributed by atoms with van der Waals surface area (Å²) in [6.45, 7) is 1.25. The average molecular weight is 430 g/mol. The monoisotopic (exact) mass is 429 g/mol. The molecule has 1 aromatic heterocycles. The van der Waals surface area contributed by atoms with Gasteiger partial charge in [0.05, 0.1) is 7.11 Å². The van der Waals surface area contributed by atoms with Gasteiger partial charge in [0.1, 0.15) is 0 Å². The summed E-state index contributed by atoms with van der Waals surface area (Å²) in [7, 11) is 1.47. The number of carbonyl (C=O) groups excluding carboxylic acids is 2. The minimum atomic E-state index is -0.363. The van der Waals surface area contributed by atoms with Crippen LogP contribution in [0.3, 0.4) is 0 Å². The third kappa shape index (κ3) is 6.03. The molecule has 1 heterocycles. The summed E-state index contributed by atoms with van der Waals surface area (Å²) in [6, 6.07) is 14.9. The summed E-state index contributed by atoms with van der Waals surface area (Å²) >= 11 is 2.86. The van der Waals surface area contributed by atoms with Crippen LogP contribution in [0.2, 0.25) is 0 Å². The van der Waals surface area contributed by atoms with Gasteiger partial charge in [-0.1, -0.05) is 53.4 Å². The van der Waals surface area contributed by atoms with Crippen molar-refractivity contribution in [1.29, 1.82) is 0 Å². The maximum absolute atomic E-state index is 12.2. The number of methoxy groups -OCH3 is 1. The molecule has 0 unspecified atom stereocenters. The first-order valence-corrected chi connectivity index (χ1v) is 10.5. The number of benzene rings is 2. The van der Waals surface area contributed by atoms with Crippen molar-refractivity contribution in [1.82, 2.24) is 10.2 Å². The lowest BCUT2D eigenvalue weighted by atomic mass is 10.1. The van der Waals surface area contributed by atoms with Crippen molar-refractivity contribution in [3.05, 3.63) is 59.7 Å². The van der Waals surface area contributed by atoms with Crippen molar-refractivity contribution in [2.75, 3.05) is 19.0 Å². The Morgan fingerprint density at radius 1 is 1.10 bits per heavy atom. The molecule has 3 rings (SSSR count). The van der Waals surface area contributed by atoms with Crippen molar-refractivity contribution in [3.63, 3.8) is 0 Å². The number of anilines is 1. The lowest BCUT2D eigenvalue weighted by Gasteiger charge is -2.11. The highest BCUT2D eigenvalue weighted by molar-refractivity contribution is 8.00. The van der Waals surface area contributed by atoms with E-state index in [1.807, 2.05) is 30.3 Å². The van der Waals surface area contributed by atoms with Gasteiger partial charge in [0.2, 0.25) is 5.13 Å². The maximum Gasteiger partial charge on any atom is 0.264 e. The SMILES string of the molecule is COc1cc(C(C)=O)ccc1OCC(=O)Nc1nnc(SCc2ccccc2)s1. The molecule has 0 fully saturated rings. The number of rotatable bonds is 9. The van der Waals surface area contributed by atoms with Crippen LogP contribution in [0.4, 0.5) is 5.13 Å². The van der Waals surface area contributed by atoms with Crippen LogP contribution in [-0.4, -0.2) is 35.6 Å². The summed E-state index contributed by atoms with van der Waals surface area (Å²) in [4.78, 5) is 23.6. The number of hydrogen-bond acceptors (Lipinski definition) is 8. The Balaban J connectivity index is 1.51. The minimum absolute atomic E-state index is 0.0789. The normalized spacial score (nSPS) is 10.4. The van der Waals surface area contributed by atoms with Crippen LogP contribution >= 0.6 is 23.1 Å². The highest BCUT2D eigenvalue weighted by Gasteiger charge is 2.12. The standard InChI is InChI=1S/C20H19N3O4S2/c1-13(24)15-8-9-16(17(10-15)26-2)27-11-18(25)21-19-22-23-20(29-19)28-12-14-6-4-3-5-7-14/h3-10H,11-12H2,1-2H3,(H,21,22,25). The van der Waals surface area contributed by atoms with E-state index in [0.717, 1.165) is 10.1 Å². The zero-order chi connectivity index (χ0) is 20.6. The molecule has 29 heavy (non-hydrogen) atoms. The molecule has 0 aliphatic heterocycles. The molecule has 0 spiro atoms. The molecule has 3 aromatic rings. The third-order valence-corrected chi connectivity index (χ3v) is 5.83. The van der Waals surface area contributed by atoms with Crippen LogP contribution < -0.4 is 14.8 Å². The number of ketones is 1. The molecule has 0 atom stereocenters. The van der Waals surface area contributed by atoms with Gasteiger partial charge in [-0.3, -0.25) is 14.9 Å². The van der Waals surface area contributed by atoms with Gasteiger partial charge in [-0.05, 0) is 30.7 Å². The molecule has 2 aromatic carbocycles. The fourth-order valence-corrected chi connectivity index (χ4v) is 4.07. The summed E-state index contributed by atoms with van der Waals surface area (Å²) in [5.41, 5.74) is 1.70. The Bertz CT molecular complexity index is 992. The van der Waals surface area contributed by atoms with Crippen molar-refractivity contribution in [2.45, 2.75) is 17.0 Å². The first kappa shape index (κ1) is 20.8. The van der Waals surface area contributed by atoms with E-state index >= 15 is 0 Å². The van der Waals surface area contributed by atoms with E-state index < -0.39 is 0 Å². The Kier molecular flexibility index (Phi) is 7.20. The largest absolute Gasteiger partial charge is 0.493 e. The van der Waals surface area contributed by atoms with Crippen molar-refractivity contribution >= 4 is 39.9 Å². The van der Waals surface area contributed by atoms with Gasteiger partial charge in [0, 0.05) is 11.3 Å². The second-order valence-electron chi connectivity index (χ2n) is 5.91. The van der Waals surface area contributed by atoms with E-state index in [-0.39, 0.29) is 18.3 Å². The Morgan fingerprint density at radius 3 is 2.62 bits per heavy atom. The number of aromatic nitrogens is 2. The van der Waals surface area contributed by atoms with Crippen LogP contribution in [0, 0.1) is 0 Å². The molecule has 1 amide bonds. The van der Waals surface area contributed by atoms with Crippen molar-refractivity contribution in [3.8, 4) is 11.5 Å². The summed E-state index contributed by atoms with van der Waals surface area (Å²) in [6.07, 6.45) is 0. The van der Waals surface area contributed by atoms with Gasteiger partial charge in [-0.25, -0.2) is 0 Å². The number of amides is 1. The molecule has 9 heteroatoms. The molecule has 7 nitrogen and oxygen atoms in total. The van der Waals surface area contributed by atoms with Gasteiger partial charge in [0.25, 0.3) is 5.91 Å². The van der Waals surface area contributed by atoms with Crippen LogP contribution in [-0.2, 0) is 10.5 Å². The maximum atomic E-state index is 12.2. The molecule has 0 radical (unpaired) electrons. The van der Waals surface area contributed by atoms with E-state index in [4.69, 9.17) is 9.47 Å². The Hall–Kier alpha value is -2.91. The van der Waals surface area contributed by atoms with Crippen LogP contribution in [0.25, 0.3) is 0 Å². The van der Waals surface area contributed by atoms with Crippen molar-refractivity contribution in [2.24, 2.45) is 0 Å². The average Bonchev–Trinajstić information content (AvgIpc) is 3.18. The molecule has 1 N–H and O–H groups in total. The molecule has 0 aliphatic carbocycles. The zero-order valence-corrected chi connectivity index (χ0v) is 17.5. The molecular weight excluding hydrogens is 410 g/mol. The highest BCUT2D eigenvalue weighted by Crippen LogP contribution is 2.29. The molecule has 0 aliphatic rings. The Morgan fingerprint density at radius 2 is 1.90 bits per heavy atom. The van der Waals surface area contributed by atoms with Gasteiger partial charge in [-0.15, -0.1) is 10.2 Å². The minimum Gasteiger partial charge on any atom is -0.493 e. The Labute approximate surface area is 176 Å². The third-order valence-electron chi connectivity index (χ3n) is 3.79. The molecule has 0 saturated carbocycles. The summed E-state index contributed by atoms with van der Waals surface area (Å²) < 4.78 is 11.5. The molecule has 150 valence electrons. The van der Waals surface area contributed by atoms with E-state index in [1.54, 1.807) is 30.0 Å². The van der Waals surface area contributed by atoms with Gasteiger partial charge < -0.3 is 9.47 Å². The lowest BCUT2D eigenvalue weighted by Crippen LogP contribution is -2.20. The first-order chi connectivity index (χ1) is 14.0. The van der Waals surface area contributed by atoms with E-state index in [2.05, 4.69) is 15.5 Å². The number of Topliss-reactive ketones (excluding diaryl/α,β-unsaturated/α-hetero) is 1. The van der Waals surface area contributed by atoms with Crippen LogP contribution in [0.15, 0.2) is 52.9 Å². The topological polar surface area (TPSA) is 90.4 Å². The summed E-state index contributed by atoms with van der Waals surface area (Å²) in [5.74, 6) is 1.11. The lowest BCUT2D eigenvalue weighted by molar-refractivity contribution is -0.118. The second-order valence-corrected chi connectivity index (χ2v) is 8.11.